The van der Waals surface area contributed by atoms with E-state index in [0.29, 0.717) is 11.6 Å². The number of ether oxygens (including phenoxy) is 1. The first-order chi connectivity index (χ1) is 7.09. The standard InChI is InChI=1S/C12H26N2O/c1-5-14(7-8-15-6-2)11-9-12(3,4)13-10-11/h11,13H,5-10H2,1-4H3. The van der Waals surface area contributed by atoms with Crippen LogP contribution in [0.3, 0.4) is 0 Å². The first kappa shape index (κ1) is 12.9. The highest BCUT2D eigenvalue weighted by molar-refractivity contribution is 4.94. The third-order valence-electron chi connectivity index (χ3n) is 3.21. The summed E-state index contributed by atoms with van der Waals surface area (Å²) in [5, 5.41) is 3.57. The lowest BCUT2D eigenvalue weighted by atomic mass is 10.0. The smallest absolute Gasteiger partial charge is 0.0593 e. The van der Waals surface area contributed by atoms with Crippen LogP contribution in [-0.4, -0.2) is 49.3 Å². The second kappa shape index (κ2) is 5.83. The van der Waals surface area contributed by atoms with Gasteiger partial charge in [0.15, 0.2) is 0 Å². The molecule has 0 amide bonds. The van der Waals surface area contributed by atoms with E-state index in [1.807, 2.05) is 0 Å². The van der Waals surface area contributed by atoms with Crippen LogP contribution < -0.4 is 5.32 Å². The summed E-state index contributed by atoms with van der Waals surface area (Å²) < 4.78 is 5.42. The van der Waals surface area contributed by atoms with Gasteiger partial charge in [0.05, 0.1) is 6.61 Å². The van der Waals surface area contributed by atoms with Crippen molar-refractivity contribution in [1.82, 2.24) is 10.2 Å². The first-order valence-corrected chi connectivity index (χ1v) is 6.16. The Hall–Kier alpha value is -0.120. The molecule has 15 heavy (non-hydrogen) atoms. The van der Waals surface area contributed by atoms with Crippen molar-refractivity contribution in [2.75, 3.05) is 32.8 Å². The molecule has 0 bridgehead atoms. The molecule has 1 saturated heterocycles. The summed E-state index contributed by atoms with van der Waals surface area (Å²) in [6, 6.07) is 0.686. The predicted molar refractivity (Wildman–Crippen MR) is 64.2 cm³/mol. The van der Waals surface area contributed by atoms with Crippen molar-refractivity contribution in [3.63, 3.8) is 0 Å². The van der Waals surface area contributed by atoms with E-state index in [9.17, 15) is 0 Å². The summed E-state index contributed by atoms with van der Waals surface area (Å²) in [5.41, 5.74) is 0.309. The van der Waals surface area contributed by atoms with Crippen molar-refractivity contribution in [1.29, 1.82) is 0 Å². The molecule has 0 saturated carbocycles. The molecule has 1 unspecified atom stereocenters. The summed E-state index contributed by atoms with van der Waals surface area (Å²) in [5.74, 6) is 0. The van der Waals surface area contributed by atoms with Crippen LogP contribution in [0.1, 0.15) is 34.1 Å². The second-order valence-electron chi connectivity index (χ2n) is 4.95. The summed E-state index contributed by atoms with van der Waals surface area (Å²) in [6.45, 7) is 13.8. The van der Waals surface area contributed by atoms with E-state index in [0.717, 1.165) is 32.8 Å². The molecule has 3 heteroatoms. The molecule has 0 aromatic heterocycles. The molecular weight excluding hydrogens is 188 g/mol. The third kappa shape index (κ3) is 4.09. The molecule has 0 spiro atoms. The van der Waals surface area contributed by atoms with E-state index < -0.39 is 0 Å². The van der Waals surface area contributed by atoms with Gasteiger partial charge in [-0.25, -0.2) is 0 Å². The zero-order chi connectivity index (χ0) is 11.3. The summed E-state index contributed by atoms with van der Waals surface area (Å²) in [7, 11) is 0. The van der Waals surface area contributed by atoms with Crippen LogP contribution in [0.15, 0.2) is 0 Å². The predicted octanol–water partition coefficient (Wildman–Crippen LogP) is 1.49. The number of hydrogen-bond donors (Lipinski definition) is 1. The van der Waals surface area contributed by atoms with Crippen LogP contribution in [0.25, 0.3) is 0 Å². The average molecular weight is 214 g/mol. The molecule has 1 N–H and O–H groups in total. The molecule has 0 aromatic rings. The van der Waals surface area contributed by atoms with Gasteiger partial charge in [0.2, 0.25) is 0 Å². The monoisotopic (exact) mass is 214 g/mol. The van der Waals surface area contributed by atoms with Crippen molar-refractivity contribution in [3.05, 3.63) is 0 Å². The van der Waals surface area contributed by atoms with E-state index in [1.54, 1.807) is 0 Å². The first-order valence-electron chi connectivity index (χ1n) is 6.16. The molecule has 3 nitrogen and oxygen atoms in total. The normalized spacial score (nSPS) is 25.0. The Morgan fingerprint density at radius 1 is 1.40 bits per heavy atom. The van der Waals surface area contributed by atoms with Gasteiger partial charge in [0, 0.05) is 31.3 Å². The zero-order valence-electron chi connectivity index (χ0n) is 10.7. The van der Waals surface area contributed by atoms with Gasteiger partial charge in [0.1, 0.15) is 0 Å². The van der Waals surface area contributed by atoms with Gasteiger partial charge in [-0.3, -0.25) is 4.90 Å². The molecule has 90 valence electrons. The Bertz CT molecular complexity index is 182. The largest absolute Gasteiger partial charge is 0.380 e. The quantitative estimate of drug-likeness (QED) is 0.678. The zero-order valence-corrected chi connectivity index (χ0v) is 10.7. The summed E-state index contributed by atoms with van der Waals surface area (Å²) in [6.07, 6.45) is 1.24. The van der Waals surface area contributed by atoms with Gasteiger partial charge >= 0.3 is 0 Å². The molecule has 1 heterocycles. The van der Waals surface area contributed by atoms with Gasteiger partial charge in [-0.2, -0.15) is 0 Å². The molecule has 0 aliphatic carbocycles. The maximum absolute atomic E-state index is 5.42. The fourth-order valence-electron chi connectivity index (χ4n) is 2.31. The van der Waals surface area contributed by atoms with Crippen molar-refractivity contribution in [2.45, 2.75) is 45.7 Å². The fraction of sp³-hybridized carbons (Fsp3) is 1.00. The maximum Gasteiger partial charge on any atom is 0.0593 e. The highest BCUT2D eigenvalue weighted by atomic mass is 16.5. The van der Waals surface area contributed by atoms with Crippen LogP contribution in [0, 0.1) is 0 Å². The van der Waals surface area contributed by atoms with Crippen molar-refractivity contribution in [3.8, 4) is 0 Å². The van der Waals surface area contributed by atoms with E-state index in [2.05, 4.69) is 37.9 Å². The van der Waals surface area contributed by atoms with Crippen molar-refractivity contribution < 1.29 is 4.74 Å². The van der Waals surface area contributed by atoms with E-state index in [4.69, 9.17) is 4.74 Å². The number of likely N-dealkylation sites (N-methyl/N-ethyl adjacent to an activating group) is 1. The minimum Gasteiger partial charge on any atom is -0.380 e. The van der Waals surface area contributed by atoms with E-state index >= 15 is 0 Å². The summed E-state index contributed by atoms with van der Waals surface area (Å²) >= 11 is 0. The Balaban J connectivity index is 2.32. The molecular formula is C12H26N2O. The van der Waals surface area contributed by atoms with Gasteiger partial charge in [-0.05, 0) is 33.7 Å². The molecule has 1 aliphatic heterocycles. The lowest BCUT2D eigenvalue weighted by Crippen LogP contribution is -2.38. The second-order valence-corrected chi connectivity index (χ2v) is 4.95. The van der Waals surface area contributed by atoms with Crippen LogP contribution in [0.2, 0.25) is 0 Å². The average Bonchev–Trinajstić information content (AvgIpc) is 2.54. The molecule has 1 atom stereocenters. The van der Waals surface area contributed by atoms with Crippen molar-refractivity contribution in [2.24, 2.45) is 0 Å². The van der Waals surface area contributed by atoms with Crippen LogP contribution in [0.5, 0.6) is 0 Å². The Morgan fingerprint density at radius 3 is 2.60 bits per heavy atom. The Kier molecular flexibility index (Phi) is 5.03. The fourth-order valence-corrected chi connectivity index (χ4v) is 2.31. The van der Waals surface area contributed by atoms with E-state index in [1.165, 1.54) is 6.42 Å². The molecule has 1 aliphatic rings. The minimum absolute atomic E-state index is 0.309. The van der Waals surface area contributed by atoms with Crippen LogP contribution in [0.4, 0.5) is 0 Å². The topological polar surface area (TPSA) is 24.5 Å². The van der Waals surface area contributed by atoms with Crippen molar-refractivity contribution >= 4 is 0 Å². The molecule has 1 fully saturated rings. The maximum atomic E-state index is 5.42. The van der Waals surface area contributed by atoms with Crippen LogP contribution >= 0.6 is 0 Å². The summed E-state index contributed by atoms with van der Waals surface area (Å²) in [4.78, 5) is 2.53. The molecule has 0 aromatic carbocycles. The Labute approximate surface area is 94.2 Å². The molecule has 1 rings (SSSR count). The van der Waals surface area contributed by atoms with Gasteiger partial charge in [-0.1, -0.05) is 6.92 Å². The highest BCUT2D eigenvalue weighted by Crippen LogP contribution is 2.21. The third-order valence-corrected chi connectivity index (χ3v) is 3.21. The van der Waals surface area contributed by atoms with Crippen LogP contribution in [-0.2, 0) is 4.74 Å². The van der Waals surface area contributed by atoms with Gasteiger partial charge < -0.3 is 10.1 Å². The lowest BCUT2D eigenvalue weighted by molar-refractivity contribution is 0.0990. The van der Waals surface area contributed by atoms with E-state index in [-0.39, 0.29) is 0 Å². The number of nitrogens with one attached hydrogen (secondary N) is 1. The number of rotatable bonds is 6. The Morgan fingerprint density at radius 2 is 2.13 bits per heavy atom. The SMILES string of the molecule is CCOCCN(CC)C1CNC(C)(C)C1. The van der Waals surface area contributed by atoms with Gasteiger partial charge in [-0.15, -0.1) is 0 Å². The highest BCUT2D eigenvalue weighted by Gasteiger charge is 2.32. The number of hydrogen-bond acceptors (Lipinski definition) is 3. The molecule has 0 radical (unpaired) electrons. The minimum atomic E-state index is 0.309. The van der Waals surface area contributed by atoms with Gasteiger partial charge in [0.25, 0.3) is 0 Å². The number of nitrogens with zero attached hydrogens (tertiary/aromatic N) is 1. The lowest BCUT2D eigenvalue weighted by Gasteiger charge is -2.27.